The van der Waals surface area contributed by atoms with Gasteiger partial charge in [-0.15, -0.1) is 0 Å². The number of nitrogens with one attached hydrogen (secondary N) is 1. The Bertz CT molecular complexity index is 569. The summed E-state index contributed by atoms with van der Waals surface area (Å²) in [5.41, 5.74) is 3.17. The van der Waals surface area contributed by atoms with Gasteiger partial charge in [0.2, 0.25) is 0 Å². The summed E-state index contributed by atoms with van der Waals surface area (Å²) in [6, 6.07) is 6.51. The molecule has 0 atom stereocenters. The highest BCUT2D eigenvalue weighted by Crippen LogP contribution is 2.08. The first-order valence-electron chi connectivity index (χ1n) is 5.14. The second kappa shape index (κ2) is 5.53. The van der Waals surface area contributed by atoms with Crippen molar-refractivity contribution in [1.29, 1.82) is 0 Å². The van der Waals surface area contributed by atoms with Crippen LogP contribution >= 0.6 is 0 Å². The molecule has 0 radical (unpaired) electrons. The largest absolute Gasteiger partial charge is 0.508 e. The number of aromatic hydroxyl groups is 1. The van der Waals surface area contributed by atoms with Crippen LogP contribution in [-0.2, 0) is 0 Å². The number of hydrogen-bond acceptors (Lipinski definition) is 5. The van der Waals surface area contributed by atoms with Gasteiger partial charge in [-0.1, -0.05) is 12.1 Å². The Labute approximate surface area is 103 Å². The molecule has 0 saturated carbocycles. The molecular formula is C12H10N4O2. The van der Waals surface area contributed by atoms with Crippen LogP contribution in [-0.4, -0.2) is 27.2 Å². The van der Waals surface area contributed by atoms with E-state index in [4.69, 9.17) is 0 Å². The molecule has 2 N–H and O–H groups in total. The summed E-state index contributed by atoms with van der Waals surface area (Å²) in [5.74, 6) is -0.307. The van der Waals surface area contributed by atoms with E-state index in [9.17, 15) is 9.90 Å². The van der Waals surface area contributed by atoms with Gasteiger partial charge < -0.3 is 5.11 Å². The van der Waals surface area contributed by atoms with Gasteiger partial charge in [-0.3, -0.25) is 9.78 Å². The number of hydrogen-bond donors (Lipinski definition) is 2. The standard InChI is InChI=1S/C12H10N4O2/c17-10-3-1-2-9(6-10)7-15-16-12(18)11-8-13-4-5-14-11/h1-8,17H,(H,16,18). The van der Waals surface area contributed by atoms with Gasteiger partial charge in [0.05, 0.1) is 12.4 Å². The van der Waals surface area contributed by atoms with Crippen molar-refractivity contribution < 1.29 is 9.90 Å². The third kappa shape index (κ3) is 3.11. The Morgan fingerprint density at radius 2 is 2.28 bits per heavy atom. The van der Waals surface area contributed by atoms with Crippen LogP contribution in [0.3, 0.4) is 0 Å². The number of hydrazone groups is 1. The normalized spacial score (nSPS) is 10.4. The predicted molar refractivity (Wildman–Crippen MR) is 65.2 cm³/mol. The average molecular weight is 242 g/mol. The quantitative estimate of drug-likeness (QED) is 0.619. The number of amides is 1. The highest BCUT2D eigenvalue weighted by molar-refractivity contribution is 5.92. The summed E-state index contributed by atoms with van der Waals surface area (Å²) in [7, 11) is 0. The zero-order valence-electron chi connectivity index (χ0n) is 9.32. The van der Waals surface area contributed by atoms with E-state index in [2.05, 4.69) is 20.5 Å². The molecule has 0 fully saturated rings. The smallest absolute Gasteiger partial charge is 0.291 e. The molecule has 2 rings (SSSR count). The molecule has 0 bridgehead atoms. The maximum atomic E-state index is 11.5. The molecule has 0 spiro atoms. The van der Waals surface area contributed by atoms with Gasteiger partial charge in [0, 0.05) is 12.4 Å². The van der Waals surface area contributed by atoms with Crippen LogP contribution in [0.1, 0.15) is 16.1 Å². The minimum atomic E-state index is -0.445. The lowest BCUT2D eigenvalue weighted by atomic mass is 10.2. The number of benzene rings is 1. The summed E-state index contributed by atoms with van der Waals surface area (Å²) >= 11 is 0. The summed E-state index contributed by atoms with van der Waals surface area (Å²) < 4.78 is 0. The highest BCUT2D eigenvalue weighted by atomic mass is 16.3. The fourth-order valence-electron chi connectivity index (χ4n) is 1.24. The number of nitrogens with zero attached hydrogens (tertiary/aromatic N) is 3. The van der Waals surface area contributed by atoms with Gasteiger partial charge in [0.1, 0.15) is 11.4 Å². The summed E-state index contributed by atoms with van der Waals surface area (Å²) in [5, 5.41) is 13.0. The fraction of sp³-hybridized carbons (Fsp3) is 0. The molecule has 90 valence electrons. The van der Waals surface area contributed by atoms with Crippen LogP contribution in [0, 0.1) is 0 Å². The first kappa shape index (κ1) is 11.7. The van der Waals surface area contributed by atoms with Gasteiger partial charge in [0.15, 0.2) is 0 Å². The van der Waals surface area contributed by atoms with Crippen LogP contribution in [0.25, 0.3) is 0 Å². The van der Waals surface area contributed by atoms with E-state index in [0.29, 0.717) is 5.56 Å². The van der Waals surface area contributed by atoms with Gasteiger partial charge in [-0.2, -0.15) is 5.10 Å². The van der Waals surface area contributed by atoms with Crippen molar-refractivity contribution in [3.05, 3.63) is 54.1 Å². The van der Waals surface area contributed by atoms with Crippen molar-refractivity contribution in [2.45, 2.75) is 0 Å². The van der Waals surface area contributed by atoms with E-state index in [0.717, 1.165) is 0 Å². The molecule has 1 amide bonds. The molecule has 6 heteroatoms. The van der Waals surface area contributed by atoms with Crippen molar-refractivity contribution in [1.82, 2.24) is 15.4 Å². The first-order valence-corrected chi connectivity index (χ1v) is 5.14. The molecule has 18 heavy (non-hydrogen) atoms. The van der Waals surface area contributed by atoms with Crippen molar-refractivity contribution in [2.75, 3.05) is 0 Å². The molecule has 0 unspecified atom stereocenters. The van der Waals surface area contributed by atoms with Gasteiger partial charge in [-0.05, 0) is 17.7 Å². The van der Waals surface area contributed by atoms with E-state index < -0.39 is 5.91 Å². The van der Waals surface area contributed by atoms with Crippen LogP contribution in [0.2, 0.25) is 0 Å². The monoisotopic (exact) mass is 242 g/mol. The van der Waals surface area contributed by atoms with E-state index >= 15 is 0 Å². The molecule has 0 saturated heterocycles. The van der Waals surface area contributed by atoms with Gasteiger partial charge in [-0.25, -0.2) is 10.4 Å². The number of phenols is 1. The molecule has 2 aromatic rings. The second-order valence-corrected chi connectivity index (χ2v) is 3.38. The van der Waals surface area contributed by atoms with E-state index in [1.165, 1.54) is 30.9 Å². The number of carbonyl (C=O) groups is 1. The van der Waals surface area contributed by atoms with Crippen molar-refractivity contribution in [2.24, 2.45) is 5.10 Å². The lowest BCUT2D eigenvalue weighted by molar-refractivity contribution is 0.0949. The Kier molecular flexibility index (Phi) is 3.60. The molecule has 1 aromatic carbocycles. The summed E-state index contributed by atoms with van der Waals surface area (Å²) in [4.78, 5) is 19.1. The molecule has 0 aliphatic carbocycles. The van der Waals surface area contributed by atoms with Gasteiger partial charge in [0.25, 0.3) is 5.91 Å². The predicted octanol–water partition coefficient (Wildman–Crippen LogP) is 0.946. The zero-order valence-corrected chi connectivity index (χ0v) is 9.32. The van der Waals surface area contributed by atoms with E-state index in [-0.39, 0.29) is 11.4 Å². The maximum Gasteiger partial charge on any atom is 0.291 e. The molecular weight excluding hydrogens is 232 g/mol. The minimum absolute atomic E-state index is 0.138. The van der Waals surface area contributed by atoms with Gasteiger partial charge >= 0.3 is 0 Å². The van der Waals surface area contributed by atoms with E-state index in [1.54, 1.807) is 18.2 Å². The number of aromatic nitrogens is 2. The third-order valence-electron chi connectivity index (χ3n) is 2.05. The first-order chi connectivity index (χ1) is 8.75. The Morgan fingerprint density at radius 3 is 3.00 bits per heavy atom. The lowest BCUT2D eigenvalue weighted by Crippen LogP contribution is -2.19. The second-order valence-electron chi connectivity index (χ2n) is 3.38. The van der Waals surface area contributed by atoms with Crippen LogP contribution in [0.4, 0.5) is 0 Å². The molecule has 0 aliphatic rings. The topological polar surface area (TPSA) is 87.5 Å². The van der Waals surface area contributed by atoms with Crippen LogP contribution in [0.5, 0.6) is 5.75 Å². The molecule has 1 aromatic heterocycles. The molecule has 0 aliphatic heterocycles. The van der Waals surface area contributed by atoms with E-state index in [1.807, 2.05) is 0 Å². The number of carbonyl (C=O) groups excluding carboxylic acids is 1. The summed E-state index contributed by atoms with van der Waals surface area (Å²) in [6.45, 7) is 0. The van der Waals surface area contributed by atoms with Crippen LogP contribution in [0.15, 0.2) is 48.0 Å². The molecule has 6 nitrogen and oxygen atoms in total. The van der Waals surface area contributed by atoms with Crippen molar-refractivity contribution >= 4 is 12.1 Å². The SMILES string of the molecule is O=C(NN=Cc1cccc(O)c1)c1cnccn1. The van der Waals surface area contributed by atoms with Crippen LogP contribution < -0.4 is 5.43 Å². The number of rotatable bonds is 3. The third-order valence-corrected chi connectivity index (χ3v) is 2.05. The Balaban J connectivity index is 1.98. The maximum absolute atomic E-state index is 11.5. The molecule has 1 heterocycles. The van der Waals surface area contributed by atoms with Crippen molar-refractivity contribution in [3.8, 4) is 5.75 Å². The lowest BCUT2D eigenvalue weighted by Gasteiger charge is -1.97. The highest BCUT2D eigenvalue weighted by Gasteiger charge is 2.04. The summed E-state index contributed by atoms with van der Waals surface area (Å²) in [6.07, 6.45) is 5.67. The zero-order chi connectivity index (χ0) is 12.8. The average Bonchev–Trinajstić information content (AvgIpc) is 2.40. The Hall–Kier alpha value is -2.76. The van der Waals surface area contributed by atoms with Crippen molar-refractivity contribution in [3.63, 3.8) is 0 Å². The fourth-order valence-corrected chi connectivity index (χ4v) is 1.24. The number of phenolic OH excluding ortho intramolecular Hbond substituents is 1. The Morgan fingerprint density at radius 1 is 1.39 bits per heavy atom. The minimum Gasteiger partial charge on any atom is -0.508 e.